The summed E-state index contributed by atoms with van der Waals surface area (Å²) < 4.78 is 27.2. The number of hydrogen-bond donors (Lipinski definition) is 1. The Morgan fingerprint density at radius 1 is 1.30 bits per heavy atom. The summed E-state index contributed by atoms with van der Waals surface area (Å²) in [6.45, 7) is 2.12. The van der Waals surface area contributed by atoms with Crippen LogP contribution in [0.5, 0.6) is 0 Å². The molecule has 4 nitrogen and oxygen atoms in total. The molecule has 0 radical (unpaired) electrons. The third-order valence-corrected chi connectivity index (χ3v) is 4.53. The SMILES string of the molecule is Cc1ccc(S(=O)(=O)NC/C=C/CCl)c2cccnc12. The van der Waals surface area contributed by atoms with Crippen LogP contribution in [0, 0.1) is 6.92 Å². The first kappa shape index (κ1) is 15.0. The van der Waals surface area contributed by atoms with Gasteiger partial charge in [-0.1, -0.05) is 18.2 Å². The summed E-state index contributed by atoms with van der Waals surface area (Å²) in [4.78, 5) is 4.48. The van der Waals surface area contributed by atoms with E-state index in [-0.39, 0.29) is 11.4 Å². The summed E-state index contributed by atoms with van der Waals surface area (Å²) in [5.74, 6) is 0.360. The summed E-state index contributed by atoms with van der Waals surface area (Å²) in [6.07, 6.45) is 5.03. The average Bonchev–Trinajstić information content (AvgIpc) is 2.44. The summed E-state index contributed by atoms with van der Waals surface area (Å²) in [5, 5.41) is 0.626. The van der Waals surface area contributed by atoms with Gasteiger partial charge >= 0.3 is 0 Å². The second-order valence-corrected chi connectivity index (χ2v) is 6.30. The number of nitrogens with zero attached hydrogens (tertiary/aromatic N) is 1. The Morgan fingerprint density at radius 2 is 2.10 bits per heavy atom. The van der Waals surface area contributed by atoms with Crippen molar-refractivity contribution in [3.63, 3.8) is 0 Å². The van der Waals surface area contributed by atoms with Gasteiger partial charge in [0.1, 0.15) is 0 Å². The molecule has 2 rings (SSSR count). The molecule has 106 valence electrons. The van der Waals surface area contributed by atoms with Crippen molar-refractivity contribution in [3.05, 3.63) is 48.2 Å². The molecule has 0 aliphatic rings. The van der Waals surface area contributed by atoms with Crippen molar-refractivity contribution in [2.45, 2.75) is 11.8 Å². The van der Waals surface area contributed by atoms with Crippen LogP contribution in [-0.4, -0.2) is 25.8 Å². The fourth-order valence-corrected chi connectivity index (χ4v) is 3.20. The fraction of sp³-hybridized carbons (Fsp3) is 0.214. The zero-order valence-electron chi connectivity index (χ0n) is 11.0. The van der Waals surface area contributed by atoms with Gasteiger partial charge in [-0.05, 0) is 30.7 Å². The first-order valence-electron chi connectivity index (χ1n) is 6.11. The first-order chi connectivity index (χ1) is 9.56. The molecule has 0 aliphatic carbocycles. The van der Waals surface area contributed by atoms with E-state index < -0.39 is 10.0 Å². The van der Waals surface area contributed by atoms with Crippen LogP contribution in [-0.2, 0) is 10.0 Å². The first-order valence-corrected chi connectivity index (χ1v) is 8.13. The van der Waals surface area contributed by atoms with Gasteiger partial charge in [0.05, 0.1) is 10.4 Å². The van der Waals surface area contributed by atoms with Gasteiger partial charge in [0, 0.05) is 24.0 Å². The standard InChI is InChI=1S/C14H15ClN2O2S/c1-11-6-7-13(12-5-4-9-16-14(11)12)20(18,19)17-10-3-2-8-15/h2-7,9,17H,8,10H2,1H3/b3-2+. The van der Waals surface area contributed by atoms with E-state index in [0.29, 0.717) is 16.8 Å². The molecule has 0 saturated heterocycles. The molecule has 0 amide bonds. The van der Waals surface area contributed by atoms with Gasteiger partial charge in [0.25, 0.3) is 0 Å². The molecular formula is C14H15ClN2O2S. The van der Waals surface area contributed by atoms with Gasteiger partial charge in [0.15, 0.2) is 0 Å². The van der Waals surface area contributed by atoms with E-state index >= 15 is 0 Å². The third kappa shape index (κ3) is 3.17. The number of rotatable bonds is 5. The molecule has 0 spiro atoms. The highest BCUT2D eigenvalue weighted by molar-refractivity contribution is 7.89. The van der Waals surface area contributed by atoms with E-state index in [9.17, 15) is 8.42 Å². The van der Waals surface area contributed by atoms with Crippen molar-refractivity contribution in [2.24, 2.45) is 0 Å². The van der Waals surface area contributed by atoms with Gasteiger partial charge in [-0.25, -0.2) is 13.1 Å². The van der Waals surface area contributed by atoms with E-state index in [0.717, 1.165) is 5.56 Å². The topological polar surface area (TPSA) is 59.1 Å². The van der Waals surface area contributed by atoms with Gasteiger partial charge < -0.3 is 0 Å². The molecule has 2 aromatic rings. The Balaban J connectivity index is 2.42. The zero-order valence-corrected chi connectivity index (χ0v) is 12.6. The van der Waals surface area contributed by atoms with Crippen LogP contribution in [0.4, 0.5) is 0 Å². The third-order valence-electron chi connectivity index (χ3n) is 2.87. The maximum atomic E-state index is 12.3. The second-order valence-electron chi connectivity index (χ2n) is 4.26. The quantitative estimate of drug-likeness (QED) is 0.682. The van der Waals surface area contributed by atoms with Crippen LogP contribution >= 0.6 is 11.6 Å². The molecule has 1 aromatic carbocycles. The Kier molecular flexibility index (Phi) is 4.75. The van der Waals surface area contributed by atoms with Crippen LogP contribution in [0.15, 0.2) is 47.5 Å². The average molecular weight is 311 g/mol. The summed E-state index contributed by atoms with van der Waals surface area (Å²) in [5.41, 5.74) is 1.65. The van der Waals surface area contributed by atoms with Crippen molar-refractivity contribution in [1.29, 1.82) is 0 Å². The maximum Gasteiger partial charge on any atom is 0.241 e. The maximum absolute atomic E-state index is 12.3. The number of alkyl halides is 1. The number of aromatic nitrogens is 1. The molecule has 6 heteroatoms. The lowest BCUT2D eigenvalue weighted by atomic mass is 10.1. The molecule has 0 fully saturated rings. The Morgan fingerprint density at radius 3 is 2.85 bits per heavy atom. The summed E-state index contributed by atoms with van der Waals surface area (Å²) >= 11 is 5.49. The lowest BCUT2D eigenvalue weighted by Crippen LogP contribution is -2.24. The van der Waals surface area contributed by atoms with Crippen LogP contribution in [0.1, 0.15) is 5.56 Å². The molecule has 0 unspecified atom stereocenters. The largest absolute Gasteiger partial charge is 0.256 e. The molecule has 20 heavy (non-hydrogen) atoms. The molecule has 0 bridgehead atoms. The second kappa shape index (κ2) is 6.35. The molecular weight excluding hydrogens is 296 g/mol. The number of halogens is 1. The molecule has 1 N–H and O–H groups in total. The minimum absolute atomic E-state index is 0.213. The molecule has 1 heterocycles. The fourth-order valence-electron chi connectivity index (χ4n) is 1.90. The predicted octanol–water partition coefficient (Wildman–Crippen LogP) is 2.62. The number of benzene rings is 1. The predicted molar refractivity (Wildman–Crippen MR) is 81.5 cm³/mol. The van der Waals surface area contributed by atoms with E-state index in [1.807, 2.05) is 6.92 Å². The van der Waals surface area contributed by atoms with Crippen LogP contribution < -0.4 is 4.72 Å². The summed E-state index contributed by atoms with van der Waals surface area (Å²) in [6, 6.07) is 6.86. The number of hydrogen-bond acceptors (Lipinski definition) is 3. The van der Waals surface area contributed by atoms with E-state index in [4.69, 9.17) is 11.6 Å². The smallest absolute Gasteiger partial charge is 0.241 e. The number of aryl methyl sites for hydroxylation is 1. The minimum Gasteiger partial charge on any atom is -0.256 e. The monoisotopic (exact) mass is 310 g/mol. The van der Waals surface area contributed by atoms with Gasteiger partial charge in [-0.15, -0.1) is 11.6 Å². The number of pyridine rings is 1. The van der Waals surface area contributed by atoms with Crippen LogP contribution in [0.2, 0.25) is 0 Å². The minimum atomic E-state index is -3.57. The molecule has 0 saturated carbocycles. The van der Waals surface area contributed by atoms with Crippen molar-refractivity contribution in [2.75, 3.05) is 12.4 Å². The van der Waals surface area contributed by atoms with Crippen molar-refractivity contribution >= 4 is 32.5 Å². The molecule has 0 aliphatic heterocycles. The normalized spacial score (nSPS) is 12.3. The van der Waals surface area contributed by atoms with Gasteiger partial charge in [-0.3, -0.25) is 4.98 Å². The zero-order chi connectivity index (χ0) is 14.6. The number of sulfonamides is 1. The van der Waals surface area contributed by atoms with Crippen molar-refractivity contribution in [1.82, 2.24) is 9.71 Å². The van der Waals surface area contributed by atoms with Crippen LogP contribution in [0.3, 0.4) is 0 Å². The summed E-state index contributed by atoms with van der Waals surface area (Å²) in [7, 11) is -3.57. The highest BCUT2D eigenvalue weighted by atomic mass is 35.5. The van der Waals surface area contributed by atoms with E-state index in [2.05, 4.69) is 9.71 Å². The van der Waals surface area contributed by atoms with Crippen molar-refractivity contribution < 1.29 is 8.42 Å². The number of nitrogens with one attached hydrogen (secondary N) is 1. The highest BCUT2D eigenvalue weighted by Crippen LogP contribution is 2.23. The molecule has 1 aromatic heterocycles. The lowest BCUT2D eigenvalue weighted by Gasteiger charge is -2.09. The van der Waals surface area contributed by atoms with Crippen molar-refractivity contribution in [3.8, 4) is 0 Å². The van der Waals surface area contributed by atoms with E-state index in [1.54, 1.807) is 42.6 Å². The van der Waals surface area contributed by atoms with Gasteiger partial charge in [0.2, 0.25) is 10.0 Å². The molecule has 0 atom stereocenters. The van der Waals surface area contributed by atoms with Gasteiger partial charge in [-0.2, -0.15) is 0 Å². The Labute approximate surface area is 123 Å². The number of allylic oxidation sites excluding steroid dienone is 1. The highest BCUT2D eigenvalue weighted by Gasteiger charge is 2.17. The van der Waals surface area contributed by atoms with E-state index in [1.165, 1.54) is 0 Å². The number of fused-ring (bicyclic) bond motifs is 1. The Bertz CT molecular complexity index is 742. The van der Waals surface area contributed by atoms with Crippen LogP contribution in [0.25, 0.3) is 10.9 Å². The Hall–Kier alpha value is -1.43. The lowest BCUT2D eigenvalue weighted by molar-refractivity contribution is 0.586.